The Morgan fingerprint density at radius 3 is 2.08 bits per heavy atom. The lowest BCUT2D eigenvalue weighted by atomic mass is 9.86. The van der Waals surface area contributed by atoms with Crippen molar-refractivity contribution in [1.29, 1.82) is 0 Å². The van der Waals surface area contributed by atoms with Crippen molar-refractivity contribution >= 4 is 31.0 Å². The molecule has 3 aliphatic carbocycles. The molecule has 208 valence electrons. The van der Waals surface area contributed by atoms with E-state index in [1.807, 2.05) is 18.2 Å². The average molecular weight is 569 g/mol. The number of benzene rings is 3. The molecule has 0 bridgehead atoms. The van der Waals surface area contributed by atoms with Gasteiger partial charge in [-0.25, -0.2) is 0 Å². The smallest absolute Gasteiger partial charge is 0.339 e. The Bertz CT molecular complexity index is 1640. The SMILES string of the molecule is Cc1cc(S(=O)(=O)O)c2c(c1OS(=O)(=O)c1c(C3CCCC3)cc3ccccc3c1C1CCCC1)CCCC2. The highest BCUT2D eigenvalue weighted by atomic mass is 32.2. The Labute approximate surface area is 231 Å². The number of hydrogen-bond donors (Lipinski definition) is 1. The van der Waals surface area contributed by atoms with Gasteiger partial charge in [0.25, 0.3) is 10.1 Å². The minimum atomic E-state index is -4.44. The van der Waals surface area contributed by atoms with Gasteiger partial charge in [0, 0.05) is 5.56 Å². The van der Waals surface area contributed by atoms with Crippen molar-refractivity contribution in [3.8, 4) is 5.75 Å². The zero-order chi connectivity index (χ0) is 27.4. The normalized spacial score (nSPS) is 19.0. The van der Waals surface area contributed by atoms with E-state index in [-0.39, 0.29) is 22.5 Å². The second-order valence-corrected chi connectivity index (χ2v) is 14.5. The molecule has 0 unspecified atom stereocenters. The van der Waals surface area contributed by atoms with Gasteiger partial charge in [-0.15, -0.1) is 0 Å². The second kappa shape index (κ2) is 10.2. The van der Waals surface area contributed by atoms with Crippen molar-refractivity contribution in [2.24, 2.45) is 0 Å². The number of fused-ring (bicyclic) bond motifs is 2. The lowest BCUT2D eigenvalue weighted by Gasteiger charge is -2.26. The van der Waals surface area contributed by atoms with Crippen LogP contribution < -0.4 is 4.18 Å². The largest absolute Gasteiger partial charge is 0.378 e. The van der Waals surface area contributed by atoms with E-state index in [4.69, 9.17) is 4.18 Å². The molecule has 0 atom stereocenters. The Morgan fingerprint density at radius 1 is 0.795 bits per heavy atom. The highest BCUT2D eigenvalue weighted by Gasteiger charge is 2.36. The van der Waals surface area contributed by atoms with Gasteiger partial charge in [-0.2, -0.15) is 16.8 Å². The Kier molecular flexibility index (Phi) is 7.01. The van der Waals surface area contributed by atoms with Crippen LogP contribution in [0.25, 0.3) is 10.8 Å². The van der Waals surface area contributed by atoms with Crippen molar-refractivity contribution in [1.82, 2.24) is 0 Å². The van der Waals surface area contributed by atoms with Crippen LogP contribution in [0.4, 0.5) is 0 Å². The van der Waals surface area contributed by atoms with E-state index in [1.165, 1.54) is 6.07 Å². The Hall–Kier alpha value is -2.42. The van der Waals surface area contributed by atoms with E-state index in [2.05, 4.69) is 12.1 Å². The van der Waals surface area contributed by atoms with Gasteiger partial charge in [-0.1, -0.05) is 49.9 Å². The highest BCUT2D eigenvalue weighted by molar-refractivity contribution is 7.87. The number of rotatable bonds is 6. The zero-order valence-corrected chi connectivity index (χ0v) is 24.0. The molecule has 6 nitrogen and oxygen atoms in total. The van der Waals surface area contributed by atoms with E-state index in [0.29, 0.717) is 34.4 Å². The average Bonchev–Trinajstić information content (AvgIpc) is 3.63. The van der Waals surface area contributed by atoms with Crippen LogP contribution in [0.5, 0.6) is 5.75 Å². The first-order valence-corrected chi connectivity index (χ1v) is 17.1. The van der Waals surface area contributed by atoms with Crippen LogP contribution in [0.15, 0.2) is 46.2 Å². The first-order chi connectivity index (χ1) is 18.6. The molecule has 0 radical (unpaired) electrons. The van der Waals surface area contributed by atoms with Crippen molar-refractivity contribution in [2.45, 2.75) is 106 Å². The molecule has 0 amide bonds. The fourth-order valence-corrected chi connectivity index (χ4v) is 9.79. The topological polar surface area (TPSA) is 97.7 Å². The van der Waals surface area contributed by atoms with Crippen LogP contribution in [0.3, 0.4) is 0 Å². The lowest BCUT2D eigenvalue weighted by Crippen LogP contribution is -2.20. The van der Waals surface area contributed by atoms with E-state index in [9.17, 15) is 21.4 Å². The van der Waals surface area contributed by atoms with E-state index < -0.39 is 20.2 Å². The fourth-order valence-electron chi connectivity index (χ4n) is 7.33. The Balaban J connectivity index is 1.58. The summed E-state index contributed by atoms with van der Waals surface area (Å²) in [5.41, 5.74) is 3.23. The van der Waals surface area contributed by atoms with E-state index in [0.717, 1.165) is 86.1 Å². The monoisotopic (exact) mass is 568 g/mol. The minimum Gasteiger partial charge on any atom is -0.378 e. The van der Waals surface area contributed by atoms with Crippen LogP contribution in [-0.4, -0.2) is 21.4 Å². The van der Waals surface area contributed by atoms with Crippen molar-refractivity contribution in [3.05, 3.63) is 64.2 Å². The molecule has 0 spiro atoms. The molecule has 3 aliphatic rings. The molecular formula is C31H36O6S2. The molecule has 0 saturated heterocycles. The summed E-state index contributed by atoms with van der Waals surface area (Å²) in [6.07, 6.45) is 10.7. The molecule has 0 aromatic heterocycles. The van der Waals surface area contributed by atoms with Gasteiger partial charge in [0.15, 0.2) is 0 Å². The van der Waals surface area contributed by atoms with Gasteiger partial charge in [0.05, 0.1) is 4.90 Å². The molecule has 0 aliphatic heterocycles. The summed E-state index contributed by atoms with van der Waals surface area (Å²) in [6.45, 7) is 1.66. The summed E-state index contributed by atoms with van der Waals surface area (Å²) in [5.74, 6) is 0.543. The highest BCUT2D eigenvalue weighted by Crippen LogP contribution is 2.48. The van der Waals surface area contributed by atoms with Crippen LogP contribution in [0.2, 0.25) is 0 Å². The lowest BCUT2D eigenvalue weighted by molar-refractivity contribution is 0.469. The van der Waals surface area contributed by atoms with E-state index in [1.54, 1.807) is 6.92 Å². The van der Waals surface area contributed by atoms with Crippen LogP contribution in [0.1, 0.15) is 104 Å². The quantitative estimate of drug-likeness (QED) is 0.246. The predicted octanol–water partition coefficient (Wildman–Crippen LogP) is 7.36. The predicted molar refractivity (Wildman–Crippen MR) is 152 cm³/mol. The molecule has 2 fully saturated rings. The molecule has 0 heterocycles. The molecule has 1 N–H and O–H groups in total. The maximum atomic E-state index is 14.5. The third-order valence-electron chi connectivity index (χ3n) is 9.09. The van der Waals surface area contributed by atoms with Crippen molar-refractivity contribution < 1.29 is 25.6 Å². The summed E-state index contributed by atoms with van der Waals surface area (Å²) in [5, 5.41) is 2.06. The molecule has 3 aromatic carbocycles. The summed E-state index contributed by atoms with van der Waals surface area (Å²) in [6, 6.07) is 11.5. The van der Waals surface area contributed by atoms with Crippen LogP contribution in [0, 0.1) is 6.92 Å². The first kappa shape index (κ1) is 26.8. The van der Waals surface area contributed by atoms with Crippen molar-refractivity contribution in [2.75, 3.05) is 0 Å². The fraction of sp³-hybridized carbons (Fsp3) is 0.484. The van der Waals surface area contributed by atoms with Crippen LogP contribution >= 0.6 is 0 Å². The summed E-state index contributed by atoms with van der Waals surface area (Å²) in [4.78, 5) is 0.200. The summed E-state index contributed by atoms with van der Waals surface area (Å²) >= 11 is 0. The summed E-state index contributed by atoms with van der Waals surface area (Å²) < 4.78 is 69.4. The maximum absolute atomic E-state index is 14.5. The molecule has 3 aromatic rings. The maximum Gasteiger partial charge on any atom is 0.339 e. The zero-order valence-electron chi connectivity index (χ0n) is 22.4. The van der Waals surface area contributed by atoms with E-state index >= 15 is 0 Å². The standard InChI is InChI=1S/C31H36O6S2/c1-20-18-28(38(32,33)34)25-16-8-9-17-26(25)30(20)37-39(35,36)31-27(21-10-2-3-11-21)19-23-14-6-7-15-24(23)29(31)22-12-4-5-13-22/h6-7,14-15,18-19,21-22H,2-5,8-13,16-17H2,1H3,(H,32,33,34). The van der Waals surface area contributed by atoms with Gasteiger partial charge in [0.1, 0.15) is 10.6 Å². The van der Waals surface area contributed by atoms with Gasteiger partial charge >= 0.3 is 10.1 Å². The van der Waals surface area contributed by atoms with Gasteiger partial charge < -0.3 is 4.18 Å². The van der Waals surface area contributed by atoms with Gasteiger partial charge in [0.2, 0.25) is 0 Å². The van der Waals surface area contributed by atoms with Crippen molar-refractivity contribution in [3.63, 3.8) is 0 Å². The first-order valence-electron chi connectivity index (χ1n) is 14.3. The number of hydrogen-bond acceptors (Lipinski definition) is 5. The molecular weight excluding hydrogens is 532 g/mol. The molecule has 8 heteroatoms. The van der Waals surface area contributed by atoms with Gasteiger partial charge in [-0.3, -0.25) is 4.55 Å². The minimum absolute atomic E-state index is 0.136. The van der Waals surface area contributed by atoms with Crippen LogP contribution in [-0.2, 0) is 33.1 Å². The Morgan fingerprint density at radius 2 is 1.41 bits per heavy atom. The van der Waals surface area contributed by atoms with Gasteiger partial charge in [-0.05, 0) is 115 Å². The molecule has 2 saturated carbocycles. The second-order valence-electron chi connectivity index (χ2n) is 11.6. The molecule has 6 rings (SSSR count). The summed E-state index contributed by atoms with van der Waals surface area (Å²) in [7, 11) is -8.70. The molecule has 39 heavy (non-hydrogen) atoms. The number of aryl methyl sites for hydroxylation is 1. The third-order valence-corrected chi connectivity index (χ3v) is 11.4. The third kappa shape index (κ3) is 4.89.